The van der Waals surface area contributed by atoms with Crippen LogP contribution >= 0.6 is 11.6 Å². The molecule has 1 aromatic carbocycles. The molecule has 5 heteroatoms. The van der Waals surface area contributed by atoms with Gasteiger partial charge in [0.1, 0.15) is 0 Å². The van der Waals surface area contributed by atoms with Gasteiger partial charge in [-0.15, -0.1) is 0 Å². The first-order valence-corrected chi connectivity index (χ1v) is 5.60. The van der Waals surface area contributed by atoms with E-state index in [0.29, 0.717) is 5.02 Å². The summed E-state index contributed by atoms with van der Waals surface area (Å²) in [6, 6.07) is 4.71. The molecule has 0 aliphatic rings. The van der Waals surface area contributed by atoms with Crippen LogP contribution in [0.4, 0.5) is 5.69 Å². The maximum Gasteiger partial charge on any atom is 0.270 e. The average molecular weight is 243 g/mol. The van der Waals surface area contributed by atoms with Gasteiger partial charge in [-0.3, -0.25) is 10.1 Å². The molecule has 1 rings (SSSR count). The van der Waals surface area contributed by atoms with Gasteiger partial charge in [-0.05, 0) is 24.8 Å². The Morgan fingerprint density at radius 1 is 1.56 bits per heavy atom. The van der Waals surface area contributed by atoms with Gasteiger partial charge in [-0.2, -0.15) is 0 Å². The zero-order valence-corrected chi connectivity index (χ0v) is 9.91. The summed E-state index contributed by atoms with van der Waals surface area (Å²) in [5.41, 5.74) is 6.73. The highest BCUT2D eigenvalue weighted by Crippen LogP contribution is 2.23. The first-order valence-electron chi connectivity index (χ1n) is 5.23. The summed E-state index contributed by atoms with van der Waals surface area (Å²) in [6.45, 7) is 2.03. The quantitative estimate of drug-likeness (QED) is 0.638. The smallest absolute Gasteiger partial charge is 0.270 e. The van der Waals surface area contributed by atoms with Crippen molar-refractivity contribution in [1.29, 1.82) is 0 Å². The fourth-order valence-corrected chi connectivity index (χ4v) is 1.67. The molecule has 2 N–H and O–H groups in total. The van der Waals surface area contributed by atoms with E-state index in [0.717, 1.165) is 24.8 Å². The van der Waals surface area contributed by atoms with Crippen molar-refractivity contribution in [3.8, 4) is 0 Å². The standard InChI is InChI=1S/C11H15ClN2O2/c1-2-9(13)5-3-8-4-6-10(14(15)16)7-11(8)12/h4,6-7,9H,2-3,5,13H2,1H3. The number of nitrogens with zero attached hydrogens (tertiary/aromatic N) is 1. The number of hydrogen-bond donors (Lipinski definition) is 1. The number of benzene rings is 1. The lowest BCUT2D eigenvalue weighted by Crippen LogP contribution is -2.19. The van der Waals surface area contributed by atoms with Crippen molar-refractivity contribution in [2.75, 3.05) is 0 Å². The van der Waals surface area contributed by atoms with Gasteiger partial charge in [0, 0.05) is 18.2 Å². The fourth-order valence-electron chi connectivity index (χ4n) is 1.40. The Bertz CT molecular complexity index is 382. The number of rotatable bonds is 5. The van der Waals surface area contributed by atoms with Crippen LogP contribution in [0.15, 0.2) is 18.2 Å². The summed E-state index contributed by atoms with van der Waals surface area (Å²) < 4.78 is 0. The molecule has 16 heavy (non-hydrogen) atoms. The zero-order chi connectivity index (χ0) is 12.1. The molecule has 0 aliphatic carbocycles. The van der Waals surface area contributed by atoms with E-state index >= 15 is 0 Å². The van der Waals surface area contributed by atoms with Crippen LogP contribution in [0.1, 0.15) is 25.3 Å². The number of nitro benzene ring substituents is 1. The molecule has 1 atom stereocenters. The van der Waals surface area contributed by atoms with Gasteiger partial charge < -0.3 is 5.73 Å². The van der Waals surface area contributed by atoms with E-state index in [1.807, 2.05) is 6.92 Å². The summed E-state index contributed by atoms with van der Waals surface area (Å²) in [4.78, 5) is 10.1. The number of nitrogens with two attached hydrogens (primary N) is 1. The highest BCUT2D eigenvalue weighted by Gasteiger charge is 2.10. The second-order valence-electron chi connectivity index (χ2n) is 3.74. The highest BCUT2D eigenvalue weighted by atomic mass is 35.5. The Labute approximate surface area is 99.6 Å². The number of non-ortho nitro benzene ring substituents is 1. The number of aryl methyl sites for hydroxylation is 1. The fraction of sp³-hybridized carbons (Fsp3) is 0.455. The van der Waals surface area contributed by atoms with Gasteiger partial charge in [-0.1, -0.05) is 24.6 Å². The summed E-state index contributed by atoms with van der Waals surface area (Å²) in [5, 5.41) is 10.9. The van der Waals surface area contributed by atoms with E-state index in [1.165, 1.54) is 12.1 Å². The van der Waals surface area contributed by atoms with Crippen molar-refractivity contribution in [2.45, 2.75) is 32.2 Å². The highest BCUT2D eigenvalue weighted by molar-refractivity contribution is 6.31. The Kier molecular flexibility index (Phi) is 4.71. The van der Waals surface area contributed by atoms with Crippen LogP contribution < -0.4 is 5.73 Å². The molecule has 0 bridgehead atoms. The molecule has 88 valence electrons. The summed E-state index contributed by atoms with van der Waals surface area (Å²) >= 11 is 5.95. The molecule has 0 aliphatic heterocycles. The molecule has 1 aromatic rings. The molecular formula is C11H15ClN2O2. The average Bonchev–Trinajstić information content (AvgIpc) is 2.26. The Morgan fingerprint density at radius 2 is 2.25 bits per heavy atom. The minimum absolute atomic E-state index is 0.0218. The van der Waals surface area contributed by atoms with Crippen LogP contribution in [-0.2, 0) is 6.42 Å². The van der Waals surface area contributed by atoms with E-state index in [1.54, 1.807) is 6.07 Å². The summed E-state index contributed by atoms with van der Waals surface area (Å²) in [7, 11) is 0. The lowest BCUT2D eigenvalue weighted by molar-refractivity contribution is -0.384. The maximum atomic E-state index is 10.5. The zero-order valence-electron chi connectivity index (χ0n) is 9.15. The lowest BCUT2D eigenvalue weighted by Gasteiger charge is -2.09. The second kappa shape index (κ2) is 5.82. The molecule has 0 radical (unpaired) electrons. The summed E-state index contributed by atoms with van der Waals surface area (Å²) in [6.07, 6.45) is 2.52. The minimum Gasteiger partial charge on any atom is -0.328 e. The maximum absolute atomic E-state index is 10.5. The van der Waals surface area contributed by atoms with Crippen LogP contribution in [0.3, 0.4) is 0 Å². The molecule has 0 spiro atoms. The predicted octanol–water partition coefficient (Wildman–Crippen LogP) is 2.92. The largest absolute Gasteiger partial charge is 0.328 e. The third kappa shape index (κ3) is 3.47. The Hall–Kier alpha value is -1.13. The van der Waals surface area contributed by atoms with Gasteiger partial charge in [0.05, 0.1) is 9.95 Å². The molecule has 1 unspecified atom stereocenters. The van der Waals surface area contributed by atoms with Crippen molar-refractivity contribution in [3.05, 3.63) is 38.9 Å². The molecule has 0 aromatic heterocycles. The van der Waals surface area contributed by atoms with Crippen LogP contribution in [0.2, 0.25) is 5.02 Å². The Balaban J connectivity index is 2.72. The number of nitro groups is 1. The monoisotopic (exact) mass is 242 g/mol. The van der Waals surface area contributed by atoms with Gasteiger partial charge in [0.15, 0.2) is 0 Å². The van der Waals surface area contributed by atoms with Crippen molar-refractivity contribution in [2.24, 2.45) is 5.73 Å². The van der Waals surface area contributed by atoms with Gasteiger partial charge in [0.2, 0.25) is 0 Å². The van der Waals surface area contributed by atoms with Crippen molar-refractivity contribution in [1.82, 2.24) is 0 Å². The SMILES string of the molecule is CCC(N)CCc1ccc([N+](=O)[O-])cc1Cl. The van der Waals surface area contributed by atoms with E-state index in [-0.39, 0.29) is 11.7 Å². The lowest BCUT2D eigenvalue weighted by atomic mass is 10.0. The minimum atomic E-state index is -0.451. The molecule has 0 heterocycles. The number of hydrogen-bond acceptors (Lipinski definition) is 3. The number of halogens is 1. The van der Waals surface area contributed by atoms with E-state index in [4.69, 9.17) is 17.3 Å². The Morgan fingerprint density at radius 3 is 2.75 bits per heavy atom. The summed E-state index contributed by atoms with van der Waals surface area (Å²) in [5.74, 6) is 0. The third-order valence-corrected chi connectivity index (χ3v) is 2.91. The molecule has 0 saturated carbocycles. The molecule has 4 nitrogen and oxygen atoms in total. The van der Waals surface area contributed by atoms with Crippen molar-refractivity contribution >= 4 is 17.3 Å². The van der Waals surface area contributed by atoms with Gasteiger partial charge in [0.25, 0.3) is 5.69 Å². The van der Waals surface area contributed by atoms with Crippen LogP contribution in [0.25, 0.3) is 0 Å². The third-order valence-electron chi connectivity index (χ3n) is 2.56. The van der Waals surface area contributed by atoms with Crippen LogP contribution in [0.5, 0.6) is 0 Å². The molecular weight excluding hydrogens is 228 g/mol. The topological polar surface area (TPSA) is 69.2 Å². The van der Waals surface area contributed by atoms with E-state index in [2.05, 4.69) is 0 Å². The normalized spacial score (nSPS) is 12.4. The van der Waals surface area contributed by atoms with E-state index in [9.17, 15) is 10.1 Å². The van der Waals surface area contributed by atoms with Crippen molar-refractivity contribution < 1.29 is 4.92 Å². The first-order chi connectivity index (χ1) is 7.54. The predicted molar refractivity (Wildman–Crippen MR) is 64.7 cm³/mol. The van der Waals surface area contributed by atoms with Gasteiger partial charge in [-0.25, -0.2) is 0 Å². The molecule has 0 fully saturated rings. The molecule has 0 saturated heterocycles. The molecule has 0 amide bonds. The van der Waals surface area contributed by atoms with Crippen LogP contribution in [0, 0.1) is 10.1 Å². The van der Waals surface area contributed by atoms with Crippen molar-refractivity contribution in [3.63, 3.8) is 0 Å². The first kappa shape index (κ1) is 12.9. The second-order valence-corrected chi connectivity index (χ2v) is 4.15. The van der Waals surface area contributed by atoms with Crippen LogP contribution in [-0.4, -0.2) is 11.0 Å². The van der Waals surface area contributed by atoms with Gasteiger partial charge >= 0.3 is 0 Å². The van der Waals surface area contributed by atoms with E-state index < -0.39 is 4.92 Å².